The van der Waals surface area contributed by atoms with Gasteiger partial charge in [0, 0.05) is 49.4 Å². The minimum Gasteiger partial charge on any atom is -0.456 e. The largest absolute Gasteiger partial charge is 0.456 e. The van der Waals surface area contributed by atoms with Gasteiger partial charge >= 0.3 is 0 Å². The molecule has 0 aliphatic carbocycles. The number of anilines is 3. The Kier molecular flexibility index (Phi) is 6.55. The zero-order chi connectivity index (χ0) is 34.9. The fraction of sp³-hybridized carbons (Fsp3) is 0. The normalized spacial score (nSPS) is 11.8. The lowest BCUT2D eigenvalue weighted by Gasteiger charge is -2.26. The number of fused-ring (bicyclic) bond motifs is 12. The number of furan rings is 2. The predicted molar refractivity (Wildman–Crippen MR) is 222 cm³/mol. The van der Waals surface area contributed by atoms with E-state index in [0.29, 0.717) is 0 Å². The summed E-state index contributed by atoms with van der Waals surface area (Å²) in [6.45, 7) is 0. The Balaban J connectivity index is 1.12. The third kappa shape index (κ3) is 4.61. The Labute approximate surface area is 305 Å². The smallest absolute Gasteiger partial charge is 0.143 e. The summed E-state index contributed by atoms with van der Waals surface area (Å²) in [6, 6.07) is 66.5. The summed E-state index contributed by atoms with van der Waals surface area (Å²) in [5.41, 5.74) is 11.5. The molecule has 0 saturated carbocycles. The van der Waals surface area contributed by atoms with Gasteiger partial charge < -0.3 is 13.7 Å². The van der Waals surface area contributed by atoms with Gasteiger partial charge in [0.25, 0.3) is 0 Å². The molecule has 3 heteroatoms. The zero-order valence-corrected chi connectivity index (χ0v) is 28.7. The first-order chi connectivity index (χ1) is 26.3. The maximum Gasteiger partial charge on any atom is 0.143 e. The lowest BCUT2D eigenvalue weighted by molar-refractivity contribution is 0.669. The highest BCUT2D eigenvalue weighted by Gasteiger charge is 2.22. The molecule has 53 heavy (non-hydrogen) atoms. The highest BCUT2D eigenvalue weighted by Crippen LogP contribution is 2.48. The predicted octanol–water partition coefficient (Wildman–Crippen LogP) is 14.6. The van der Waals surface area contributed by atoms with Gasteiger partial charge in [-0.15, -0.1) is 0 Å². The molecular weight excluding hydrogens is 647 g/mol. The first-order valence-corrected chi connectivity index (χ1v) is 18.0. The Hall–Kier alpha value is -7.10. The van der Waals surface area contributed by atoms with Crippen LogP contribution in [0.4, 0.5) is 17.1 Å². The van der Waals surface area contributed by atoms with Gasteiger partial charge in [-0.05, 0) is 93.7 Å². The Morgan fingerprint density at radius 2 is 0.849 bits per heavy atom. The monoisotopic (exact) mass is 677 g/mol. The number of nitrogens with zero attached hydrogens (tertiary/aromatic N) is 1. The van der Waals surface area contributed by atoms with E-state index in [0.717, 1.165) is 82.8 Å². The first kappa shape index (κ1) is 29.6. The Morgan fingerprint density at radius 3 is 1.60 bits per heavy atom. The molecule has 0 radical (unpaired) electrons. The van der Waals surface area contributed by atoms with Crippen molar-refractivity contribution in [2.45, 2.75) is 0 Å². The van der Waals surface area contributed by atoms with Crippen LogP contribution in [0.5, 0.6) is 0 Å². The zero-order valence-electron chi connectivity index (χ0n) is 28.7. The Morgan fingerprint density at radius 1 is 0.283 bits per heavy atom. The van der Waals surface area contributed by atoms with Crippen LogP contribution in [0.3, 0.4) is 0 Å². The molecule has 9 aromatic carbocycles. The second-order valence-electron chi connectivity index (χ2n) is 13.6. The van der Waals surface area contributed by atoms with Gasteiger partial charge in [-0.25, -0.2) is 0 Å². The van der Waals surface area contributed by atoms with Crippen molar-refractivity contribution in [1.82, 2.24) is 0 Å². The average Bonchev–Trinajstić information content (AvgIpc) is 3.82. The molecule has 0 aliphatic heterocycles. The molecule has 3 nitrogen and oxygen atoms in total. The molecule has 0 amide bonds. The molecule has 11 rings (SSSR count). The molecule has 0 bridgehead atoms. The number of hydrogen-bond donors (Lipinski definition) is 0. The maximum absolute atomic E-state index is 6.85. The lowest BCUT2D eigenvalue weighted by Crippen LogP contribution is -2.09. The Bertz CT molecular complexity index is 3140. The van der Waals surface area contributed by atoms with E-state index in [-0.39, 0.29) is 0 Å². The average molecular weight is 678 g/mol. The SMILES string of the molecule is c1ccc(-c2ccc(N(c3ccccc3)c3ccc(-c4cccc5oc6c7ccccc7c7ccc8oc9ccccc9c8c7c6c45)cc3)cc2)cc1. The van der Waals surface area contributed by atoms with Gasteiger partial charge in [-0.3, -0.25) is 0 Å². The fourth-order valence-corrected chi connectivity index (χ4v) is 8.28. The number of benzene rings is 9. The second-order valence-corrected chi connectivity index (χ2v) is 13.6. The number of hydrogen-bond acceptors (Lipinski definition) is 3. The van der Waals surface area contributed by atoms with E-state index < -0.39 is 0 Å². The van der Waals surface area contributed by atoms with E-state index in [1.54, 1.807) is 0 Å². The summed E-state index contributed by atoms with van der Waals surface area (Å²) >= 11 is 0. The summed E-state index contributed by atoms with van der Waals surface area (Å²) in [6.07, 6.45) is 0. The van der Waals surface area contributed by atoms with Crippen LogP contribution in [0.25, 0.3) is 87.7 Å². The summed E-state index contributed by atoms with van der Waals surface area (Å²) in [7, 11) is 0. The molecular formula is C50H31NO2. The standard InChI is InChI=1S/C50H31NO2/c1-3-12-32(13-4-1)33-22-26-36(27-23-33)51(35-14-5-2-6-15-35)37-28-24-34(25-29-37)38-19-11-21-44-46(38)49-48-40(39-16-7-8-17-41(39)50(49)53-44)30-31-45-47(48)42-18-9-10-20-43(42)52-45/h1-31H. The summed E-state index contributed by atoms with van der Waals surface area (Å²) in [5.74, 6) is 0. The summed E-state index contributed by atoms with van der Waals surface area (Å²) in [4.78, 5) is 2.31. The van der Waals surface area contributed by atoms with Crippen LogP contribution < -0.4 is 4.90 Å². The highest BCUT2D eigenvalue weighted by molar-refractivity contribution is 6.39. The van der Waals surface area contributed by atoms with Crippen molar-refractivity contribution in [3.05, 3.63) is 188 Å². The quantitative estimate of drug-likeness (QED) is 0.170. The first-order valence-electron chi connectivity index (χ1n) is 18.0. The van der Waals surface area contributed by atoms with Crippen molar-refractivity contribution in [1.29, 1.82) is 0 Å². The number of para-hydroxylation sites is 2. The molecule has 0 saturated heterocycles. The molecule has 0 spiro atoms. The van der Waals surface area contributed by atoms with E-state index >= 15 is 0 Å². The topological polar surface area (TPSA) is 29.5 Å². The minimum absolute atomic E-state index is 0.869. The van der Waals surface area contributed by atoms with E-state index in [1.165, 1.54) is 21.9 Å². The molecule has 0 atom stereocenters. The van der Waals surface area contributed by atoms with Gasteiger partial charge in [-0.1, -0.05) is 127 Å². The van der Waals surface area contributed by atoms with Crippen LogP contribution in [-0.2, 0) is 0 Å². The van der Waals surface area contributed by atoms with Gasteiger partial charge in [0.1, 0.15) is 22.3 Å². The van der Waals surface area contributed by atoms with Crippen molar-refractivity contribution >= 4 is 82.5 Å². The fourth-order valence-electron chi connectivity index (χ4n) is 8.28. The minimum atomic E-state index is 0.869. The molecule has 0 unspecified atom stereocenters. The van der Waals surface area contributed by atoms with E-state index in [9.17, 15) is 0 Å². The second kappa shape index (κ2) is 11.7. The van der Waals surface area contributed by atoms with Crippen molar-refractivity contribution in [2.75, 3.05) is 4.90 Å². The van der Waals surface area contributed by atoms with Crippen molar-refractivity contribution in [3.63, 3.8) is 0 Å². The van der Waals surface area contributed by atoms with Crippen LogP contribution in [0.2, 0.25) is 0 Å². The number of rotatable bonds is 5. The molecule has 11 aromatic rings. The van der Waals surface area contributed by atoms with E-state index in [4.69, 9.17) is 8.83 Å². The van der Waals surface area contributed by atoms with Crippen molar-refractivity contribution in [3.8, 4) is 22.3 Å². The van der Waals surface area contributed by atoms with Crippen LogP contribution in [0.15, 0.2) is 197 Å². The van der Waals surface area contributed by atoms with Crippen molar-refractivity contribution in [2.24, 2.45) is 0 Å². The molecule has 248 valence electrons. The molecule has 2 aromatic heterocycles. The van der Waals surface area contributed by atoms with Gasteiger partial charge in [0.05, 0.1) is 0 Å². The maximum atomic E-state index is 6.85. The molecule has 0 fully saturated rings. The van der Waals surface area contributed by atoms with E-state index in [1.807, 2.05) is 6.07 Å². The van der Waals surface area contributed by atoms with Crippen molar-refractivity contribution < 1.29 is 8.83 Å². The van der Waals surface area contributed by atoms with Crippen LogP contribution in [0, 0.1) is 0 Å². The third-order valence-electron chi connectivity index (χ3n) is 10.7. The molecule has 2 heterocycles. The van der Waals surface area contributed by atoms with Crippen LogP contribution in [-0.4, -0.2) is 0 Å². The van der Waals surface area contributed by atoms with Gasteiger partial charge in [0.15, 0.2) is 0 Å². The summed E-state index contributed by atoms with van der Waals surface area (Å²) in [5, 5.41) is 9.10. The van der Waals surface area contributed by atoms with Crippen LogP contribution in [0.1, 0.15) is 0 Å². The van der Waals surface area contributed by atoms with Crippen LogP contribution >= 0.6 is 0 Å². The molecule has 0 N–H and O–H groups in total. The molecule has 0 aliphatic rings. The summed E-state index contributed by atoms with van der Waals surface area (Å²) < 4.78 is 13.3. The third-order valence-corrected chi connectivity index (χ3v) is 10.7. The highest BCUT2D eigenvalue weighted by atomic mass is 16.3. The van der Waals surface area contributed by atoms with Gasteiger partial charge in [-0.2, -0.15) is 0 Å². The van der Waals surface area contributed by atoms with E-state index in [2.05, 4.69) is 187 Å². The lowest BCUT2D eigenvalue weighted by atomic mass is 9.91. The van der Waals surface area contributed by atoms with Gasteiger partial charge in [0.2, 0.25) is 0 Å².